The number of aliphatic carboxylic acids is 2. The van der Waals surface area contributed by atoms with E-state index in [1.54, 1.807) is 19.1 Å². The molecule has 1 aromatic rings. The van der Waals surface area contributed by atoms with Crippen LogP contribution in [0.1, 0.15) is 41.6 Å². The average Bonchev–Trinajstić information content (AvgIpc) is 2.77. The van der Waals surface area contributed by atoms with Crippen molar-refractivity contribution in [2.24, 2.45) is 0 Å². The Hall–Kier alpha value is -3.68. The fraction of sp³-hybridized carbons (Fsp3) is 0.429. The first-order chi connectivity index (χ1) is 16.5. The van der Waals surface area contributed by atoms with Gasteiger partial charge >= 0.3 is 18.0 Å². The van der Waals surface area contributed by atoms with E-state index >= 15 is 0 Å². The fourth-order valence-electron chi connectivity index (χ4n) is 2.80. The second kappa shape index (κ2) is 15.3. The second-order valence-corrected chi connectivity index (χ2v) is 8.20. The lowest BCUT2D eigenvalue weighted by Crippen LogP contribution is -2.51. The van der Waals surface area contributed by atoms with Gasteiger partial charge in [-0.05, 0) is 43.5 Å². The number of carboxylic acid groups (broad SMARTS) is 2. The Labute approximate surface area is 209 Å². The molecule has 1 aromatic carbocycles. The molecule has 0 radical (unpaired) electrons. The molecule has 0 aliphatic heterocycles. The molecule has 0 fully saturated rings. The van der Waals surface area contributed by atoms with Crippen LogP contribution in [0.25, 0.3) is 0 Å². The van der Waals surface area contributed by atoms with E-state index in [1.807, 2.05) is 6.07 Å². The Bertz CT molecular complexity index is 941. The zero-order chi connectivity index (χ0) is 26.4. The molecule has 2 atom stereocenters. The fourth-order valence-corrected chi connectivity index (χ4v) is 3.28. The molecule has 0 spiro atoms. The SMILES string of the molecule is Cc1cc(Br)ccc1C(=O)NCCCC(=O)N[C@H](CNC(=O)N[C@@H](CCC(=O)O)C(=O)O)OC=O. The molecule has 0 saturated carbocycles. The average molecular weight is 559 g/mol. The third kappa shape index (κ3) is 11.8. The van der Waals surface area contributed by atoms with E-state index in [2.05, 4.69) is 37.2 Å². The van der Waals surface area contributed by atoms with Crippen molar-refractivity contribution in [3.63, 3.8) is 0 Å². The normalized spacial score (nSPS) is 11.9. The predicted molar refractivity (Wildman–Crippen MR) is 124 cm³/mol. The van der Waals surface area contributed by atoms with Crippen LogP contribution < -0.4 is 21.3 Å². The summed E-state index contributed by atoms with van der Waals surface area (Å²) in [5.74, 6) is -3.44. The number of benzene rings is 1. The molecule has 14 heteroatoms. The number of ether oxygens (including phenoxy) is 1. The minimum absolute atomic E-state index is 0.0131. The third-order valence-corrected chi connectivity index (χ3v) is 5.03. The largest absolute Gasteiger partial charge is 0.481 e. The van der Waals surface area contributed by atoms with Gasteiger partial charge < -0.3 is 36.2 Å². The van der Waals surface area contributed by atoms with Crippen LogP contribution in [-0.4, -0.2) is 71.8 Å². The molecule has 35 heavy (non-hydrogen) atoms. The van der Waals surface area contributed by atoms with Gasteiger partial charge in [0.1, 0.15) is 6.04 Å². The summed E-state index contributed by atoms with van der Waals surface area (Å²) in [6.45, 7) is 1.71. The number of carboxylic acids is 2. The van der Waals surface area contributed by atoms with Crippen molar-refractivity contribution in [1.29, 1.82) is 0 Å². The molecule has 4 amide bonds. The maximum absolute atomic E-state index is 12.2. The number of hydrogen-bond acceptors (Lipinski definition) is 7. The number of urea groups is 1. The second-order valence-electron chi connectivity index (χ2n) is 7.28. The van der Waals surface area contributed by atoms with Gasteiger partial charge in [0.2, 0.25) is 5.91 Å². The molecular weight excluding hydrogens is 532 g/mol. The van der Waals surface area contributed by atoms with E-state index in [1.165, 1.54) is 0 Å². The van der Waals surface area contributed by atoms with Crippen LogP contribution in [0.3, 0.4) is 0 Å². The van der Waals surface area contributed by atoms with Crippen molar-refractivity contribution in [3.05, 3.63) is 33.8 Å². The molecule has 13 nitrogen and oxygen atoms in total. The number of hydrogen-bond donors (Lipinski definition) is 6. The van der Waals surface area contributed by atoms with Crippen molar-refractivity contribution in [2.75, 3.05) is 13.1 Å². The molecule has 6 N–H and O–H groups in total. The summed E-state index contributed by atoms with van der Waals surface area (Å²) in [7, 11) is 0. The van der Waals surface area contributed by atoms with E-state index in [9.17, 15) is 28.8 Å². The van der Waals surface area contributed by atoms with Crippen molar-refractivity contribution in [3.8, 4) is 0 Å². The zero-order valence-corrected chi connectivity index (χ0v) is 20.4. The Morgan fingerprint density at radius 2 is 1.80 bits per heavy atom. The van der Waals surface area contributed by atoms with Gasteiger partial charge in [-0.2, -0.15) is 0 Å². The van der Waals surface area contributed by atoms with Gasteiger partial charge in [0.15, 0.2) is 6.23 Å². The maximum Gasteiger partial charge on any atom is 0.326 e. The summed E-state index contributed by atoms with van der Waals surface area (Å²) in [5.41, 5.74) is 1.30. The van der Waals surface area contributed by atoms with Crippen LogP contribution in [-0.2, 0) is 23.9 Å². The number of halogens is 1. The highest BCUT2D eigenvalue weighted by molar-refractivity contribution is 9.10. The van der Waals surface area contributed by atoms with Crippen LogP contribution in [0, 0.1) is 6.92 Å². The minimum Gasteiger partial charge on any atom is -0.481 e. The first-order valence-electron chi connectivity index (χ1n) is 10.4. The van der Waals surface area contributed by atoms with Crippen LogP contribution in [0.4, 0.5) is 4.79 Å². The summed E-state index contributed by atoms with van der Waals surface area (Å²) in [4.78, 5) is 68.6. The van der Waals surface area contributed by atoms with Gasteiger partial charge in [-0.15, -0.1) is 0 Å². The van der Waals surface area contributed by atoms with Crippen molar-refractivity contribution in [1.82, 2.24) is 21.3 Å². The van der Waals surface area contributed by atoms with Gasteiger partial charge in [-0.1, -0.05) is 15.9 Å². The third-order valence-electron chi connectivity index (χ3n) is 4.54. The maximum atomic E-state index is 12.2. The lowest BCUT2D eigenvalue weighted by Gasteiger charge is -2.19. The van der Waals surface area contributed by atoms with E-state index in [0.29, 0.717) is 12.0 Å². The number of carbonyl (C=O) groups is 6. The Kier molecular flexibility index (Phi) is 12.8. The Morgan fingerprint density at radius 3 is 2.40 bits per heavy atom. The Balaban J connectivity index is 2.42. The highest BCUT2D eigenvalue weighted by Crippen LogP contribution is 2.15. The molecule has 1 rings (SSSR count). The number of rotatable bonds is 15. The summed E-state index contributed by atoms with van der Waals surface area (Å²) >= 11 is 3.32. The molecule has 192 valence electrons. The molecule has 0 heterocycles. The summed E-state index contributed by atoms with van der Waals surface area (Å²) in [5, 5.41) is 27.1. The number of carbonyl (C=O) groups excluding carboxylic acids is 4. The van der Waals surface area contributed by atoms with Crippen LogP contribution >= 0.6 is 15.9 Å². The van der Waals surface area contributed by atoms with E-state index in [0.717, 1.165) is 10.0 Å². The Morgan fingerprint density at radius 1 is 1.09 bits per heavy atom. The summed E-state index contributed by atoms with van der Waals surface area (Å²) in [6, 6.07) is 2.83. The van der Waals surface area contributed by atoms with Crippen molar-refractivity contribution in [2.45, 2.75) is 44.9 Å². The predicted octanol–water partition coefficient (Wildman–Crippen LogP) is 0.500. The molecule has 0 unspecified atom stereocenters. The molecule has 0 aliphatic rings. The van der Waals surface area contributed by atoms with Gasteiger partial charge in [0.25, 0.3) is 12.4 Å². The number of aryl methyl sites for hydroxylation is 1. The first kappa shape index (κ1) is 29.4. The summed E-state index contributed by atoms with van der Waals surface area (Å²) in [6.07, 6.45) is -1.75. The minimum atomic E-state index is -1.44. The number of amides is 4. The zero-order valence-electron chi connectivity index (χ0n) is 18.8. The molecular formula is C21H27BrN4O9. The van der Waals surface area contributed by atoms with Gasteiger partial charge in [0.05, 0.1) is 6.54 Å². The lowest BCUT2D eigenvalue weighted by molar-refractivity contribution is -0.141. The van der Waals surface area contributed by atoms with E-state index in [-0.39, 0.29) is 38.3 Å². The highest BCUT2D eigenvalue weighted by atomic mass is 79.9. The molecule has 0 saturated heterocycles. The summed E-state index contributed by atoms with van der Waals surface area (Å²) < 4.78 is 5.55. The smallest absolute Gasteiger partial charge is 0.326 e. The van der Waals surface area contributed by atoms with Crippen molar-refractivity contribution >= 4 is 52.2 Å². The van der Waals surface area contributed by atoms with E-state index in [4.69, 9.17) is 14.9 Å². The van der Waals surface area contributed by atoms with Crippen molar-refractivity contribution < 1.29 is 43.7 Å². The first-order valence-corrected chi connectivity index (χ1v) is 11.2. The topological polar surface area (TPSA) is 200 Å². The van der Waals surface area contributed by atoms with Crippen LogP contribution in [0.5, 0.6) is 0 Å². The number of nitrogens with one attached hydrogen (secondary N) is 4. The van der Waals surface area contributed by atoms with Crippen LogP contribution in [0.2, 0.25) is 0 Å². The lowest BCUT2D eigenvalue weighted by atomic mass is 10.1. The highest BCUT2D eigenvalue weighted by Gasteiger charge is 2.22. The van der Waals surface area contributed by atoms with Crippen LogP contribution in [0.15, 0.2) is 22.7 Å². The standard InChI is InChI=1S/C21H27BrN4O9/c1-12-9-13(22)4-5-14(12)19(31)23-8-2-3-16(28)26-17(35-11-27)10-24-21(34)25-15(20(32)33)6-7-18(29)30/h4-5,9,11,15,17H,2-3,6-8,10H2,1H3,(H,23,31)(H,26,28)(H,29,30)(H,32,33)(H2,24,25,34)/t15-,17-/m0/s1. The van der Waals surface area contributed by atoms with Gasteiger partial charge in [0, 0.05) is 29.4 Å². The molecule has 0 aliphatic carbocycles. The van der Waals surface area contributed by atoms with Gasteiger partial charge in [-0.3, -0.25) is 19.2 Å². The van der Waals surface area contributed by atoms with Gasteiger partial charge in [-0.25, -0.2) is 9.59 Å². The molecule has 0 bridgehead atoms. The van der Waals surface area contributed by atoms with E-state index < -0.39 is 42.6 Å². The quantitative estimate of drug-likeness (QED) is 0.101. The molecule has 0 aromatic heterocycles. The monoisotopic (exact) mass is 558 g/mol.